The van der Waals surface area contributed by atoms with Crippen LogP contribution in [0.3, 0.4) is 0 Å². The number of nitrogens with one attached hydrogen (secondary N) is 1. The third-order valence-electron chi connectivity index (χ3n) is 4.37. The second kappa shape index (κ2) is 7.39. The predicted octanol–water partition coefficient (Wildman–Crippen LogP) is 2.04. The molecule has 0 bridgehead atoms. The highest BCUT2D eigenvalue weighted by Gasteiger charge is 2.32. The number of nitrogens with two attached hydrogens (primary N) is 1. The average molecular weight is 275 g/mol. The average Bonchev–Trinajstić information content (AvgIpc) is 2.49. The molecule has 1 saturated carbocycles. The fourth-order valence-electron chi connectivity index (χ4n) is 3.05. The van der Waals surface area contributed by atoms with E-state index in [0.717, 1.165) is 19.3 Å². The van der Waals surface area contributed by atoms with Crippen molar-refractivity contribution >= 4 is 5.91 Å². The van der Waals surface area contributed by atoms with E-state index in [2.05, 4.69) is 10.3 Å². The van der Waals surface area contributed by atoms with Crippen molar-refractivity contribution in [2.24, 2.45) is 11.1 Å². The van der Waals surface area contributed by atoms with Gasteiger partial charge in [-0.05, 0) is 48.9 Å². The van der Waals surface area contributed by atoms with Crippen LogP contribution in [-0.2, 0) is 11.2 Å². The van der Waals surface area contributed by atoms with Gasteiger partial charge < -0.3 is 11.1 Å². The van der Waals surface area contributed by atoms with E-state index in [1.165, 1.54) is 24.8 Å². The number of pyridine rings is 1. The van der Waals surface area contributed by atoms with Crippen LogP contribution in [0.15, 0.2) is 24.5 Å². The highest BCUT2D eigenvalue weighted by atomic mass is 16.1. The van der Waals surface area contributed by atoms with Gasteiger partial charge in [0.2, 0.25) is 5.91 Å². The van der Waals surface area contributed by atoms with Crippen LogP contribution in [0.5, 0.6) is 0 Å². The second-order valence-electron chi connectivity index (χ2n) is 5.90. The summed E-state index contributed by atoms with van der Waals surface area (Å²) < 4.78 is 0. The molecule has 0 spiro atoms. The van der Waals surface area contributed by atoms with Gasteiger partial charge in [-0.1, -0.05) is 19.3 Å². The summed E-state index contributed by atoms with van der Waals surface area (Å²) in [6, 6.07) is 3.96. The molecule has 4 heteroatoms. The minimum Gasteiger partial charge on any atom is -0.356 e. The fourth-order valence-corrected chi connectivity index (χ4v) is 3.05. The minimum atomic E-state index is 0.0546. The Bertz CT molecular complexity index is 413. The number of hydrogen-bond acceptors (Lipinski definition) is 3. The summed E-state index contributed by atoms with van der Waals surface area (Å²) in [5.74, 6) is 0.145. The van der Waals surface area contributed by atoms with Crippen LogP contribution in [0.1, 0.15) is 44.1 Å². The molecule has 0 atom stereocenters. The summed E-state index contributed by atoms with van der Waals surface area (Å²) in [7, 11) is 0. The molecule has 20 heavy (non-hydrogen) atoms. The fraction of sp³-hybridized carbons (Fsp3) is 0.625. The van der Waals surface area contributed by atoms with Gasteiger partial charge in [-0.2, -0.15) is 0 Å². The van der Waals surface area contributed by atoms with Gasteiger partial charge in [0, 0.05) is 25.4 Å². The zero-order valence-electron chi connectivity index (χ0n) is 12.1. The van der Waals surface area contributed by atoms with Crippen molar-refractivity contribution in [1.29, 1.82) is 0 Å². The minimum absolute atomic E-state index is 0.0546. The van der Waals surface area contributed by atoms with Gasteiger partial charge in [-0.25, -0.2) is 0 Å². The van der Waals surface area contributed by atoms with Gasteiger partial charge >= 0.3 is 0 Å². The van der Waals surface area contributed by atoms with Gasteiger partial charge in [0.1, 0.15) is 0 Å². The summed E-state index contributed by atoms with van der Waals surface area (Å²) in [5.41, 5.74) is 7.17. The first-order valence-electron chi connectivity index (χ1n) is 7.60. The maximum absolute atomic E-state index is 12.1. The van der Waals surface area contributed by atoms with Gasteiger partial charge in [-0.3, -0.25) is 9.78 Å². The Balaban J connectivity index is 1.74. The van der Waals surface area contributed by atoms with E-state index in [4.69, 9.17) is 5.73 Å². The molecule has 1 fully saturated rings. The van der Waals surface area contributed by atoms with Gasteiger partial charge in [0.25, 0.3) is 0 Å². The summed E-state index contributed by atoms with van der Waals surface area (Å²) in [6.07, 6.45) is 10.9. The maximum Gasteiger partial charge on any atom is 0.220 e. The van der Waals surface area contributed by atoms with Crippen LogP contribution in [0.2, 0.25) is 0 Å². The molecule has 4 nitrogen and oxygen atoms in total. The molecule has 110 valence electrons. The first-order valence-corrected chi connectivity index (χ1v) is 7.60. The Morgan fingerprint density at radius 1 is 1.25 bits per heavy atom. The van der Waals surface area contributed by atoms with Gasteiger partial charge in [0.05, 0.1) is 0 Å². The van der Waals surface area contributed by atoms with Crippen molar-refractivity contribution in [3.63, 3.8) is 0 Å². The predicted molar refractivity (Wildman–Crippen MR) is 80.1 cm³/mol. The largest absolute Gasteiger partial charge is 0.356 e. The van der Waals surface area contributed by atoms with Crippen molar-refractivity contribution in [3.05, 3.63) is 30.1 Å². The van der Waals surface area contributed by atoms with Crippen LogP contribution in [0, 0.1) is 5.41 Å². The van der Waals surface area contributed by atoms with E-state index >= 15 is 0 Å². The Morgan fingerprint density at radius 3 is 2.60 bits per heavy atom. The lowest BCUT2D eigenvalue weighted by molar-refractivity contribution is -0.123. The van der Waals surface area contributed by atoms with Crippen LogP contribution in [-0.4, -0.2) is 24.0 Å². The number of nitrogens with zero attached hydrogens (tertiary/aromatic N) is 1. The third kappa shape index (κ3) is 4.30. The van der Waals surface area contributed by atoms with E-state index in [1.54, 1.807) is 12.4 Å². The molecule has 1 heterocycles. The lowest BCUT2D eigenvalue weighted by Crippen LogP contribution is -2.39. The monoisotopic (exact) mass is 275 g/mol. The summed E-state index contributed by atoms with van der Waals surface area (Å²) in [5, 5.41) is 3.02. The number of carbonyl (C=O) groups is 1. The standard InChI is InChI=1S/C16H25N3O/c17-13-16(7-2-1-3-8-16)12-15(20)19-11-6-14-4-9-18-10-5-14/h4-5,9-10H,1-3,6-8,11-13,17H2,(H,19,20). The topological polar surface area (TPSA) is 68.0 Å². The molecule has 2 rings (SSSR count). The molecule has 0 radical (unpaired) electrons. The highest BCUT2D eigenvalue weighted by Crippen LogP contribution is 2.38. The molecule has 1 aliphatic rings. The number of rotatable bonds is 6. The Labute approximate surface area is 121 Å². The molecule has 1 aromatic rings. The first-order chi connectivity index (χ1) is 9.74. The van der Waals surface area contributed by atoms with Gasteiger partial charge in [-0.15, -0.1) is 0 Å². The Kier molecular flexibility index (Phi) is 5.53. The molecule has 1 aliphatic carbocycles. The van der Waals surface area contributed by atoms with Gasteiger partial charge in [0.15, 0.2) is 0 Å². The summed E-state index contributed by atoms with van der Waals surface area (Å²) >= 11 is 0. The molecule has 1 aromatic heterocycles. The normalized spacial score (nSPS) is 17.6. The molecule has 0 saturated heterocycles. The van der Waals surface area contributed by atoms with Crippen molar-refractivity contribution in [2.45, 2.75) is 44.9 Å². The Hall–Kier alpha value is -1.42. The van der Waals surface area contributed by atoms with Crippen molar-refractivity contribution in [1.82, 2.24) is 10.3 Å². The molecular formula is C16H25N3O. The van der Waals surface area contributed by atoms with Crippen molar-refractivity contribution in [2.75, 3.05) is 13.1 Å². The number of aromatic nitrogens is 1. The Morgan fingerprint density at radius 2 is 1.95 bits per heavy atom. The molecule has 0 aliphatic heterocycles. The second-order valence-corrected chi connectivity index (χ2v) is 5.90. The highest BCUT2D eigenvalue weighted by molar-refractivity contribution is 5.76. The summed E-state index contributed by atoms with van der Waals surface area (Å²) in [4.78, 5) is 16.1. The smallest absolute Gasteiger partial charge is 0.220 e. The molecule has 3 N–H and O–H groups in total. The van der Waals surface area contributed by atoms with E-state index in [-0.39, 0.29) is 11.3 Å². The van der Waals surface area contributed by atoms with Crippen molar-refractivity contribution < 1.29 is 4.79 Å². The number of carbonyl (C=O) groups excluding carboxylic acids is 1. The SMILES string of the molecule is NCC1(CC(=O)NCCc2ccncc2)CCCCC1. The lowest BCUT2D eigenvalue weighted by atomic mass is 9.71. The quantitative estimate of drug-likeness (QED) is 0.835. The van der Waals surface area contributed by atoms with E-state index in [1.807, 2.05) is 12.1 Å². The number of hydrogen-bond donors (Lipinski definition) is 2. The van der Waals surface area contributed by atoms with Crippen LogP contribution in [0.25, 0.3) is 0 Å². The van der Waals surface area contributed by atoms with Crippen LogP contribution in [0.4, 0.5) is 0 Å². The molecular weight excluding hydrogens is 250 g/mol. The van der Waals surface area contributed by atoms with Crippen molar-refractivity contribution in [3.8, 4) is 0 Å². The van der Waals surface area contributed by atoms with Crippen LogP contribution < -0.4 is 11.1 Å². The molecule has 1 amide bonds. The van der Waals surface area contributed by atoms with E-state index in [0.29, 0.717) is 19.5 Å². The number of amides is 1. The zero-order chi connectivity index (χ0) is 14.3. The van der Waals surface area contributed by atoms with Crippen LogP contribution >= 0.6 is 0 Å². The first kappa shape index (κ1) is 15.0. The lowest BCUT2D eigenvalue weighted by Gasteiger charge is -2.35. The zero-order valence-corrected chi connectivity index (χ0v) is 12.1. The van der Waals surface area contributed by atoms with E-state index in [9.17, 15) is 4.79 Å². The molecule has 0 unspecified atom stereocenters. The third-order valence-corrected chi connectivity index (χ3v) is 4.37. The van der Waals surface area contributed by atoms with E-state index < -0.39 is 0 Å². The maximum atomic E-state index is 12.1. The summed E-state index contributed by atoms with van der Waals surface area (Å²) in [6.45, 7) is 1.31. The molecule has 0 aromatic carbocycles.